The van der Waals surface area contributed by atoms with Gasteiger partial charge in [-0.25, -0.2) is 8.91 Å². The van der Waals surface area contributed by atoms with Crippen LogP contribution in [0.3, 0.4) is 0 Å². The van der Waals surface area contributed by atoms with Crippen LogP contribution in [0.5, 0.6) is 5.75 Å². The van der Waals surface area contributed by atoms with E-state index in [1.54, 1.807) is 36.4 Å². The van der Waals surface area contributed by atoms with Crippen LogP contribution in [0.4, 0.5) is 23.4 Å². The van der Waals surface area contributed by atoms with Crippen LogP contribution < -0.4 is 15.4 Å². The molecule has 1 fully saturated rings. The zero-order chi connectivity index (χ0) is 26.6. The molecule has 2 N–H and O–H groups in total. The van der Waals surface area contributed by atoms with E-state index < -0.39 is 24.8 Å². The maximum Gasteiger partial charge on any atom is 0.393 e. The van der Waals surface area contributed by atoms with Crippen molar-refractivity contribution >= 4 is 17.2 Å². The van der Waals surface area contributed by atoms with Crippen molar-refractivity contribution in [1.29, 1.82) is 0 Å². The number of pyridine rings is 1. The molecule has 0 unspecified atom stereocenters. The molecule has 3 heterocycles. The summed E-state index contributed by atoms with van der Waals surface area (Å²) in [5.41, 5.74) is 0.497. The highest BCUT2D eigenvalue weighted by Crippen LogP contribution is 2.28. The minimum absolute atomic E-state index is 0.0505. The summed E-state index contributed by atoms with van der Waals surface area (Å²) < 4.78 is 61.2. The number of carbonyl (C=O) groups is 1. The molecule has 1 aliphatic rings. The first kappa shape index (κ1) is 26.3. The Morgan fingerprint density at radius 3 is 2.65 bits per heavy atom. The number of ether oxygens (including phenoxy) is 1. The van der Waals surface area contributed by atoms with Crippen LogP contribution in [0.25, 0.3) is 5.52 Å². The highest BCUT2D eigenvalue weighted by molar-refractivity contribution is 5.94. The van der Waals surface area contributed by atoms with Crippen LogP contribution in [0.15, 0.2) is 42.5 Å². The van der Waals surface area contributed by atoms with Gasteiger partial charge in [-0.3, -0.25) is 4.79 Å². The van der Waals surface area contributed by atoms with Crippen molar-refractivity contribution < 1.29 is 27.1 Å². The highest BCUT2D eigenvalue weighted by Gasteiger charge is 2.32. The minimum Gasteiger partial charge on any atom is -0.497 e. The lowest BCUT2D eigenvalue weighted by atomic mass is 10.0. The Morgan fingerprint density at radius 1 is 1.22 bits per heavy atom. The lowest BCUT2D eigenvalue weighted by Gasteiger charge is -2.33. The van der Waals surface area contributed by atoms with Gasteiger partial charge < -0.3 is 20.3 Å². The molecule has 1 saturated heterocycles. The minimum atomic E-state index is -4.48. The van der Waals surface area contributed by atoms with Gasteiger partial charge in [0.1, 0.15) is 23.4 Å². The first-order valence-corrected chi connectivity index (χ1v) is 11.7. The number of halogens is 4. The van der Waals surface area contributed by atoms with Gasteiger partial charge in [0.2, 0.25) is 0 Å². The fourth-order valence-corrected chi connectivity index (χ4v) is 4.21. The number of amides is 1. The van der Waals surface area contributed by atoms with E-state index in [2.05, 4.69) is 27.6 Å². The number of hydrogen-bond acceptors (Lipinski definition) is 5. The summed E-state index contributed by atoms with van der Waals surface area (Å²) in [4.78, 5) is 14.2. The van der Waals surface area contributed by atoms with Crippen LogP contribution in [-0.2, 0) is 6.42 Å². The van der Waals surface area contributed by atoms with Crippen LogP contribution in [0.1, 0.15) is 28.0 Å². The van der Waals surface area contributed by atoms with E-state index >= 15 is 0 Å². The lowest BCUT2D eigenvalue weighted by Crippen LogP contribution is -2.46. The van der Waals surface area contributed by atoms with E-state index in [9.17, 15) is 22.4 Å². The van der Waals surface area contributed by atoms with E-state index in [1.807, 2.05) is 11.9 Å². The molecule has 1 aromatic carbocycles. The average molecular weight is 518 g/mol. The molecule has 37 heavy (non-hydrogen) atoms. The fourth-order valence-electron chi connectivity index (χ4n) is 4.21. The summed E-state index contributed by atoms with van der Waals surface area (Å²) >= 11 is 0. The molecule has 7 nitrogen and oxygen atoms in total. The number of hydrogen-bond donors (Lipinski definition) is 2. The maximum atomic E-state index is 14.6. The Labute approximate surface area is 211 Å². The van der Waals surface area contributed by atoms with Gasteiger partial charge in [-0.15, -0.1) is 0 Å². The largest absolute Gasteiger partial charge is 0.497 e. The number of benzene rings is 1. The molecule has 0 aliphatic carbocycles. The number of nitrogens with zero attached hydrogens (tertiary/aromatic N) is 3. The van der Waals surface area contributed by atoms with Crippen molar-refractivity contribution in [1.82, 2.24) is 19.8 Å². The fraction of sp³-hybridized carbons (Fsp3) is 0.385. The summed E-state index contributed by atoms with van der Waals surface area (Å²) in [5.74, 6) is 5.97. The van der Waals surface area contributed by atoms with Gasteiger partial charge in [0.15, 0.2) is 0 Å². The number of alkyl halides is 4. The molecule has 0 bridgehead atoms. The van der Waals surface area contributed by atoms with Crippen molar-refractivity contribution in [3.05, 3.63) is 59.3 Å². The molecule has 2 atom stereocenters. The first-order chi connectivity index (χ1) is 17.6. The highest BCUT2D eigenvalue weighted by atomic mass is 19.4. The zero-order valence-corrected chi connectivity index (χ0v) is 20.4. The molecule has 2 aromatic heterocycles. The SMILES string of the molecule is COc1ccc(C(=O)NCC#Cc2nn3c(N[C@@H]4CCN(C)C[C@@H]4F)cccc3c2CC(F)(F)F)cc1. The van der Waals surface area contributed by atoms with Crippen LogP contribution in [0.2, 0.25) is 0 Å². The molecule has 4 rings (SSSR count). The van der Waals surface area contributed by atoms with Crippen molar-refractivity contribution in [3.8, 4) is 17.6 Å². The van der Waals surface area contributed by atoms with E-state index in [0.29, 0.717) is 30.1 Å². The summed E-state index contributed by atoms with van der Waals surface area (Å²) in [6.45, 7) is 0.880. The summed E-state index contributed by atoms with van der Waals surface area (Å²) in [7, 11) is 3.35. The van der Waals surface area contributed by atoms with Gasteiger partial charge >= 0.3 is 6.18 Å². The van der Waals surface area contributed by atoms with E-state index in [-0.39, 0.29) is 35.8 Å². The summed E-state index contributed by atoms with van der Waals surface area (Å²) in [6.07, 6.45) is -6.29. The standard InChI is InChI=1S/C26H27F4N5O2/c1-34-14-12-22(20(27)16-34)32-24-7-3-6-23-19(15-26(28,29)30)21(33-35(23)24)5-4-13-31-25(36)17-8-10-18(37-2)11-9-17/h3,6-11,20,22,32H,12-16H2,1-2H3,(H,31,36)/t20-,22+/m0/s1. The third-order valence-corrected chi connectivity index (χ3v) is 6.11. The number of nitrogens with one attached hydrogen (secondary N) is 2. The summed E-state index contributed by atoms with van der Waals surface area (Å²) in [5, 5.41) is 10.0. The van der Waals surface area contributed by atoms with Crippen molar-refractivity contribution in [2.75, 3.05) is 39.1 Å². The number of aromatic nitrogens is 2. The van der Waals surface area contributed by atoms with Gasteiger partial charge in [0.25, 0.3) is 5.91 Å². The predicted molar refractivity (Wildman–Crippen MR) is 132 cm³/mol. The van der Waals surface area contributed by atoms with Crippen molar-refractivity contribution in [2.45, 2.75) is 31.2 Å². The Hall–Kier alpha value is -3.78. The Kier molecular flexibility index (Phi) is 7.88. The molecule has 11 heteroatoms. The average Bonchev–Trinajstić information content (AvgIpc) is 3.20. The monoisotopic (exact) mass is 517 g/mol. The molecule has 1 aliphatic heterocycles. The third-order valence-electron chi connectivity index (χ3n) is 6.11. The smallest absolute Gasteiger partial charge is 0.393 e. The zero-order valence-electron chi connectivity index (χ0n) is 20.4. The number of likely N-dealkylation sites (tertiary alicyclic amines) is 1. The number of rotatable bonds is 6. The number of carbonyl (C=O) groups excluding carboxylic acids is 1. The van der Waals surface area contributed by atoms with Gasteiger partial charge in [-0.05, 0) is 55.8 Å². The Balaban J connectivity index is 1.56. The quantitative estimate of drug-likeness (QED) is 0.386. The second kappa shape index (κ2) is 11.1. The van der Waals surface area contributed by atoms with E-state index in [0.717, 1.165) is 0 Å². The second-order valence-electron chi connectivity index (χ2n) is 8.86. The van der Waals surface area contributed by atoms with Crippen molar-refractivity contribution in [2.24, 2.45) is 0 Å². The van der Waals surface area contributed by atoms with Crippen LogP contribution in [-0.4, -0.2) is 72.6 Å². The molecule has 196 valence electrons. The Bertz CT molecular complexity index is 1310. The number of methoxy groups -OCH3 is 1. The van der Waals surface area contributed by atoms with Gasteiger partial charge in [-0.1, -0.05) is 12.0 Å². The Morgan fingerprint density at radius 2 is 1.97 bits per heavy atom. The van der Waals surface area contributed by atoms with Gasteiger partial charge in [0, 0.05) is 24.2 Å². The first-order valence-electron chi connectivity index (χ1n) is 11.7. The van der Waals surface area contributed by atoms with Crippen LogP contribution >= 0.6 is 0 Å². The molecule has 1 amide bonds. The predicted octanol–water partition coefficient (Wildman–Crippen LogP) is 3.68. The van der Waals surface area contributed by atoms with E-state index in [4.69, 9.17) is 4.74 Å². The number of piperidine rings is 1. The van der Waals surface area contributed by atoms with Crippen molar-refractivity contribution in [3.63, 3.8) is 0 Å². The van der Waals surface area contributed by atoms with Gasteiger partial charge in [-0.2, -0.15) is 18.3 Å². The molecular weight excluding hydrogens is 490 g/mol. The van der Waals surface area contributed by atoms with E-state index in [1.165, 1.54) is 17.7 Å². The molecule has 3 aromatic rings. The second-order valence-corrected chi connectivity index (χ2v) is 8.86. The molecule has 0 spiro atoms. The lowest BCUT2D eigenvalue weighted by molar-refractivity contribution is -0.127. The molecule has 0 radical (unpaired) electrons. The molecular formula is C26H27F4N5O2. The normalized spacial score (nSPS) is 18.2. The topological polar surface area (TPSA) is 70.9 Å². The summed E-state index contributed by atoms with van der Waals surface area (Å²) in [6, 6.07) is 10.8. The number of fused-ring (bicyclic) bond motifs is 1. The van der Waals surface area contributed by atoms with Crippen LogP contribution in [0, 0.1) is 11.8 Å². The third kappa shape index (κ3) is 6.51. The van der Waals surface area contributed by atoms with Gasteiger partial charge in [0.05, 0.1) is 31.6 Å². The number of anilines is 1. The molecule has 0 saturated carbocycles. The maximum absolute atomic E-state index is 14.6.